The largest absolute Gasteiger partial charge is 0.103 e. The van der Waals surface area contributed by atoms with Crippen LogP contribution < -0.4 is 0 Å². The number of rotatable bonds is 1. The van der Waals surface area contributed by atoms with Crippen molar-refractivity contribution in [2.75, 3.05) is 0 Å². The molecule has 1 aliphatic rings. The van der Waals surface area contributed by atoms with Crippen molar-refractivity contribution in [3.8, 4) is 0 Å². The third-order valence-electron chi connectivity index (χ3n) is 2.03. The Bertz CT molecular complexity index is 98.7. The first-order valence-electron chi connectivity index (χ1n) is 3.61. The Hall–Kier alpha value is 0.470. The second-order valence-corrected chi connectivity index (χ2v) is 4.30. The maximum Gasteiger partial charge on any atom is 0.0172 e. The summed E-state index contributed by atoms with van der Waals surface area (Å²) in [5, 5.41) is 0. The Morgan fingerprint density at radius 2 is 2.00 bits per heavy atom. The highest BCUT2D eigenvalue weighted by molar-refractivity contribution is 14.1. The third-order valence-corrected chi connectivity index (χ3v) is 3.58. The quantitative estimate of drug-likeness (QED) is 0.372. The topological polar surface area (TPSA) is 0 Å². The molecule has 1 saturated carbocycles. The molecular formula is C8H13I. The summed E-state index contributed by atoms with van der Waals surface area (Å²) in [7, 11) is 0. The molecule has 0 aromatic rings. The summed E-state index contributed by atoms with van der Waals surface area (Å²) in [6.45, 7) is 3.83. The third kappa shape index (κ3) is 1.95. The van der Waals surface area contributed by atoms with Crippen LogP contribution in [0, 0.1) is 5.92 Å². The molecule has 0 radical (unpaired) electrons. The molecule has 2 atom stereocenters. The summed E-state index contributed by atoms with van der Waals surface area (Å²) < 4.78 is 0.869. The van der Waals surface area contributed by atoms with Gasteiger partial charge in [-0.15, -0.1) is 6.58 Å². The maximum atomic E-state index is 3.83. The minimum Gasteiger partial charge on any atom is -0.103 e. The van der Waals surface area contributed by atoms with E-state index in [0.29, 0.717) is 0 Å². The Labute approximate surface area is 70.9 Å². The average Bonchev–Trinajstić information content (AvgIpc) is 1.89. The Kier molecular flexibility index (Phi) is 3.02. The molecule has 0 spiro atoms. The minimum atomic E-state index is 0.805. The maximum absolute atomic E-state index is 3.83. The van der Waals surface area contributed by atoms with Gasteiger partial charge in [-0.1, -0.05) is 41.5 Å². The average molecular weight is 236 g/mol. The summed E-state index contributed by atoms with van der Waals surface area (Å²) in [5.41, 5.74) is 0. The zero-order valence-electron chi connectivity index (χ0n) is 5.65. The van der Waals surface area contributed by atoms with Gasteiger partial charge in [-0.3, -0.25) is 0 Å². The number of allylic oxidation sites excluding steroid dienone is 1. The first-order valence-corrected chi connectivity index (χ1v) is 4.86. The van der Waals surface area contributed by atoms with E-state index in [0.717, 1.165) is 9.84 Å². The van der Waals surface area contributed by atoms with Crippen molar-refractivity contribution in [3.63, 3.8) is 0 Å². The first kappa shape index (κ1) is 7.58. The van der Waals surface area contributed by atoms with Crippen molar-refractivity contribution in [1.29, 1.82) is 0 Å². The van der Waals surface area contributed by atoms with Crippen molar-refractivity contribution in [2.45, 2.75) is 29.6 Å². The van der Waals surface area contributed by atoms with Crippen LogP contribution in [0.5, 0.6) is 0 Å². The fraction of sp³-hybridized carbons (Fsp3) is 0.750. The number of halogens is 1. The van der Waals surface area contributed by atoms with Gasteiger partial charge in [-0.05, 0) is 18.8 Å². The van der Waals surface area contributed by atoms with Gasteiger partial charge in [-0.25, -0.2) is 0 Å². The lowest BCUT2D eigenvalue weighted by Gasteiger charge is -2.23. The van der Waals surface area contributed by atoms with Crippen LogP contribution in [0.15, 0.2) is 12.7 Å². The predicted molar refractivity (Wildman–Crippen MR) is 50.0 cm³/mol. The van der Waals surface area contributed by atoms with Gasteiger partial charge in [-0.2, -0.15) is 0 Å². The second-order valence-electron chi connectivity index (χ2n) is 2.70. The van der Waals surface area contributed by atoms with Crippen LogP contribution in [-0.2, 0) is 0 Å². The van der Waals surface area contributed by atoms with Crippen LogP contribution in [0.25, 0.3) is 0 Å². The van der Waals surface area contributed by atoms with Crippen molar-refractivity contribution in [3.05, 3.63) is 12.7 Å². The molecule has 0 nitrogen and oxygen atoms in total. The van der Waals surface area contributed by atoms with Gasteiger partial charge in [0, 0.05) is 3.92 Å². The van der Waals surface area contributed by atoms with Crippen molar-refractivity contribution < 1.29 is 0 Å². The van der Waals surface area contributed by atoms with Gasteiger partial charge in [0.05, 0.1) is 0 Å². The molecule has 0 aromatic carbocycles. The molecular weight excluding hydrogens is 223 g/mol. The van der Waals surface area contributed by atoms with Crippen LogP contribution in [0.2, 0.25) is 0 Å². The molecule has 0 saturated heterocycles. The number of hydrogen-bond acceptors (Lipinski definition) is 0. The lowest BCUT2D eigenvalue weighted by Crippen LogP contribution is -2.16. The zero-order chi connectivity index (χ0) is 6.69. The van der Waals surface area contributed by atoms with E-state index in [1.807, 2.05) is 0 Å². The predicted octanol–water partition coefficient (Wildman–Crippen LogP) is 3.17. The highest BCUT2D eigenvalue weighted by Gasteiger charge is 2.18. The highest BCUT2D eigenvalue weighted by atomic mass is 127. The number of alkyl halides is 1. The molecule has 1 fully saturated rings. The van der Waals surface area contributed by atoms with Crippen molar-refractivity contribution >= 4 is 22.6 Å². The van der Waals surface area contributed by atoms with E-state index in [9.17, 15) is 0 Å². The first-order chi connectivity index (χ1) is 4.34. The summed E-state index contributed by atoms with van der Waals surface area (Å²) >= 11 is 2.55. The van der Waals surface area contributed by atoms with Crippen molar-refractivity contribution in [1.82, 2.24) is 0 Å². The highest BCUT2D eigenvalue weighted by Crippen LogP contribution is 2.30. The van der Waals surface area contributed by atoms with Gasteiger partial charge in [0.15, 0.2) is 0 Å². The van der Waals surface area contributed by atoms with E-state index >= 15 is 0 Å². The Morgan fingerprint density at radius 3 is 2.44 bits per heavy atom. The van der Waals surface area contributed by atoms with E-state index in [2.05, 4.69) is 35.2 Å². The lowest BCUT2D eigenvalue weighted by molar-refractivity contribution is 0.444. The van der Waals surface area contributed by atoms with E-state index in [-0.39, 0.29) is 0 Å². The molecule has 0 amide bonds. The van der Waals surface area contributed by atoms with Gasteiger partial charge in [0.1, 0.15) is 0 Å². The van der Waals surface area contributed by atoms with Crippen LogP contribution in [0.3, 0.4) is 0 Å². The molecule has 1 aliphatic carbocycles. The summed E-state index contributed by atoms with van der Waals surface area (Å²) in [4.78, 5) is 0. The van der Waals surface area contributed by atoms with Crippen LogP contribution >= 0.6 is 22.6 Å². The summed E-state index contributed by atoms with van der Waals surface area (Å²) in [5.74, 6) is 0.805. The van der Waals surface area contributed by atoms with Crippen molar-refractivity contribution in [2.24, 2.45) is 5.92 Å². The molecule has 52 valence electrons. The molecule has 1 heteroatoms. The lowest BCUT2D eigenvalue weighted by atomic mass is 9.89. The van der Waals surface area contributed by atoms with E-state index in [1.54, 1.807) is 0 Å². The molecule has 0 N–H and O–H groups in total. The summed E-state index contributed by atoms with van der Waals surface area (Å²) in [6, 6.07) is 0. The normalized spacial score (nSPS) is 36.1. The molecule has 9 heavy (non-hydrogen) atoms. The van der Waals surface area contributed by atoms with Crippen LogP contribution in [0.4, 0.5) is 0 Å². The smallest absolute Gasteiger partial charge is 0.0172 e. The second kappa shape index (κ2) is 3.59. The Balaban J connectivity index is 2.38. The van der Waals surface area contributed by atoms with E-state index in [1.165, 1.54) is 25.7 Å². The van der Waals surface area contributed by atoms with Gasteiger partial charge >= 0.3 is 0 Å². The SMILES string of the molecule is C=CC1CCCCC1I. The van der Waals surface area contributed by atoms with Gasteiger partial charge in [0.25, 0.3) is 0 Å². The fourth-order valence-electron chi connectivity index (χ4n) is 1.38. The monoisotopic (exact) mass is 236 g/mol. The standard InChI is InChI=1S/C8H13I/c1-2-7-5-3-4-6-8(7)9/h2,7-8H,1,3-6H2. The molecule has 0 heterocycles. The Morgan fingerprint density at radius 1 is 1.33 bits per heavy atom. The van der Waals surface area contributed by atoms with Gasteiger partial charge < -0.3 is 0 Å². The summed E-state index contributed by atoms with van der Waals surface area (Å²) in [6.07, 6.45) is 7.73. The molecule has 2 unspecified atom stereocenters. The van der Waals surface area contributed by atoms with Crippen LogP contribution in [0.1, 0.15) is 25.7 Å². The molecule has 0 aromatic heterocycles. The fourth-order valence-corrected chi connectivity index (χ4v) is 2.47. The van der Waals surface area contributed by atoms with E-state index < -0.39 is 0 Å². The van der Waals surface area contributed by atoms with Crippen LogP contribution in [-0.4, -0.2) is 3.92 Å². The van der Waals surface area contributed by atoms with E-state index in [4.69, 9.17) is 0 Å². The van der Waals surface area contributed by atoms with Gasteiger partial charge in [0.2, 0.25) is 0 Å². The minimum absolute atomic E-state index is 0.805. The molecule has 0 aliphatic heterocycles. The molecule has 0 bridgehead atoms. The molecule has 1 rings (SSSR count). The zero-order valence-corrected chi connectivity index (χ0v) is 7.80. The number of hydrogen-bond donors (Lipinski definition) is 0.